The van der Waals surface area contributed by atoms with Crippen LogP contribution in [0.25, 0.3) is 0 Å². The summed E-state index contributed by atoms with van der Waals surface area (Å²) in [6, 6.07) is 4.20. The number of benzene rings is 1. The number of ketones is 1. The van der Waals surface area contributed by atoms with Crippen molar-refractivity contribution >= 4 is 29.7 Å². The Morgan fingerprint density at radius 1 is 0.962 bits per heavy atom. The second-order valence-corrected chi connectivity index (χ2v) is 17.6. The lowest BCUT2D eigenvalue weighted by Gasteiger charge is -2.39. The highest BCUT2D eigenvalue weighted by molar-refractivity contribution is 6.37. The number of urea groups is 1. The number of likely N-dealkylation sites (tertiary alicyclic amines) is 1. The number of carbonyl (C=O) groups excluding carboxylic acids is 5. The monoisotopic (exact) mass is 726 g/mol. The number of nitrogens with zero attached hydrogens (tertiary/aromatic N) is 1. The molecule has 2 fully saturated rings. The van der Waals surface area contributed by atoms with Crippen molar-refractivity contribution in [2.75, 3.05) is 13.2 Å². The van der Waals surface area contributed by atoms with E-state index in [9.17, 15) is 29.1 Å². The molecule has 7 N–H and O–H groups in total. The zero-order valence-electron chi connectivity index (χ0n) is 32.3. The number of fused-ring (bicyclic) bond motifs is 1. The number of rotatable bonds is 14. The average Bonchev–Trinajstić information content (AvgIpc) is 3.66. The Labute approximate surface area is 308 Å². The standard InChI is InChI=1S/C39H62N6O7/c1-22(2)27-16-17-45(31(27)34(48)41-28(32(46)33(40)47)18-23-12-11-13-23)35(49)30(26-19-24-14-9-10-15-25(24)20-26)43-36(50)42-29(38(3,4)5)21-52-37(51)44-39(6,7)8/h9-10,14-15,22-23,26-31,34,41,48H,11-13,16-21H2,1-8H3,(H2,40,47)(H,44,51)(H2,42,43,50)/t27-,28?,29-,30?,31?,34?/m1/s1. The minimum Gasteiger partial charge on any atom is -0.447 e. The molecule has 4 rings (SSSR count). The number of ether oxygens (including phenoxy) is 1. The zero-order chi connectivity index (χ0) is 38.5. The molecule has 0 spiro atoms. The Balaban J connectivity index is 1.58. The molecule has 0 bridgehead atoms. The molecular formula is C39H62N6O7. The van der Waals surface area contributed by atoms with Crippen LogP contribution in [0.3, 0.4) is 0 Å². The molecular weight excluding hydrogens is 664 g/mol. The number of nitrogens with two attached hydrogens (primary N) is 1. The topological polar surface area (TPSA) is 192 Å². The van der Waals surface area contributed by atoms with E-state index in [0.717, 1.165) is 30.4 Å². The maximum absolute atomic E-state index is 14.8. The molecule has 3 aliphatic rings. The molecule has 52 heavy (non-hydrogen) atoms. The number of carbonyl (C=O) groups is 5. The van der Waals surface area contributed by atoms with Crippen LogP contribution in [-0.2, 0) is 32.0 Å². The van der Waals surface area contributed by atoms with Crippen molar-refractivity contribution < 1.29 is 33.8 Å². The lowest BCUT2D eigenvalue weighted by atomic mass is 9.80. The van der Waals surface area contributed by atoms with Gasteiger partial charge in [0.1, 0.15) is 18.9 Å². The highest BCUT2D eigenvalue weighted by Crippen LogP contribution is 2.36. The number of alkyl carbamates (subject to hydrolysis) is 1. The summed E-state index contributed by atoms with van der Waals surface area (Å²) < 4.78 is 5.50. The van der Waals surface area contributed by atoms with Gasteiger partial charge in [0, 0.05) is 12.1 Å². The van der Waals surface area contributed by atoms with Crippen molar-refractivity contribution in [1.29, 1.82) is 0 Å². The van der Waals surface area contributed by atoms with Gasteiger partial charge in [0.05, 0.1) is 18.1 Å². The Morgan fingerprint density at radius 2 is 1.58 bits per heavy atom. The van der Waals surface area contributed by atoms with Crippen molar-refractivity contribution in [1.82, 2.24) is 26.2 Å². The summed E-state index contributed by atoms with van der Waals surface area (Å²) in [6.07, 6.45) is 3.17. The summed E-state index contributed by atoms with van der Waals surface area (Å²) in [5, 5.41) is 23.5. The summed E-state index contributed by atoms with van der Waals surface area (Å²) in [7, 11) is 0. The minimum absolute atomic E-state index is 0.0828. The van der Waals surface area contributed by atoms with E-state index < -0.39 is 65.2 Å². The fourth-order valence-electron chi connectivity index (χ4n) is 7.76. The third kappa shape index (κ3) is 10.7. The van der Waals surface area contributed by atoms with Gasteiger partial charge in [0.25, 0.3) is 5.91 Å². The van der Waals surface area contributed by atoms with E-state index in [1.807, 2.05) is 79.7 Å². The van der Waals surface area contributed by atoms with Crippen LogP contribution >= 0.6 is 0 Å². The molecule has 1 aromatic carbocycles. The van der Waals surface area contributed by atoms with Crippen LogP contribution in [0.4, 0.5) is 9.59 Å². The number of nitrogens with one attached hydrogen (secondary N) is 4. The van der Waals surface area contributed by atoms with E-state index in [2.05, 4.69) is 21.3 Å². The van der Waals surface area contributed by atoms with Gasteiger partial charge in [-0.1, -0.05) is 78.1 Å². The second-order valence-electron chi connectivity index (χ2n) is 17.6. The molecule has 0 aromatic heterocycles. The summed E-state index contributed by atoms with van der Waals surface area (Å²) in [5.41, 5.74) is 6.65. The molecule has 4 unspecified atom stereocenters. The van der Waals surface area contributed by atoms with Gasteiger partial charge in [-0.15, -0.1) is 0 Å². The molecule has 2 aliphatic carbocycles. The minimum atomic E-state index is -1.32. The van der Waals surface area contributed by atoms with Crippen molar-refractivity contribution in [3.8, 4) is 0 Å². The summed E-state index contributed by atoms with van der Waals surface area (Å²) in [4.78, 5) is 67.7. The number of aliphatic hydroxyl groups is 1. The van der Waals surface area contributed by atoms with Gasteiger partial charge in [0.2, 0.25) is 11.7 Å². The molecule has 1 aliphatic heterocycles. The largest absolute Gasteiger partial charge is 0.447 e. The third-order valence-electron chi connectivity index (χ3n) is 11.0. The van der Waals surface area contributed by atoms with Gasteiger partial charge in [-0.25, -0.2) is 9.59 Å². The van der Waals surface area contributed by atoms with Gasteiger partial charge in [0.15, 0.2) is 0 Å². The van der Waals surface area contributed by atoms with Gasteiger partial charge in [-0.2, -0.15) is 0 Å². The van der Waals surface area contributed by atoms with Gasteiger partial charge in [-0.3, -0.25) is 19.7 Å². The zero-order valence-corrected chi connectivity index (χ0v) is 32.3. The fraction of sp³-hybridized carbons (Fsp3) is 0.718. The first-order chi connectivity index (χ1) is 24.2. The number of amides is 5. The highest BCUT2D eigenvalue weighted by Gasteiger charge is 2.48. The summed E-state index contributed by atoms with van der Waals surface area (Å²) in [5.74, 6) is -2.21. The number of hydrogen-bond donors (Lipinski definition) is 6. The Bertz CT molecular complexity index is 1420. The maximum atomic E-state index is 14.8. The SMILES string of the molecule is CC(C)[C@H]1CCN(C(=O)C(NC(=O)N[C@H](COC(=O)NC(C)(C)C)C(C)(C)C)C2Cc3ccccc3C2)C1C(O)NC(CC1CCC1)C(=O)C(N)=O. The van der Waals surface area contributed by atoms with Crippen LogP contribution < -0.4 is 27.0 Å². The number of Topliss-reactive ketones (excluding diaryl/α,β-unsaturated/α-hetero) is 1. The van der Waals surface area contributed by atoms with Crippen molar-refractivity contribution in [2.24, 2.45) is 34.8 Å². The van der Waals surface area contributed by atoms with E-state index >= 15 is 0 Å². The van der Waals surface area contributed by atoms with Crippen LogP contribution in [-0.4, -0.2) is 88.8 Å². The fourth-order valence-corrected chi connectivity index (χ4v) is 7.76. The van der Waals surface area contributed by atoms with Crippen molar-refractivity contribution in [3.05, 3.63) is 35.4 Å². The molecule has 13 heteroatoms. The van der Waals surface area contributed by atoms with Crippen LogP contribution in [0.15, 0.2) is 24.3 Å². The van der Waals surface area contributed by atoms with Crippen LogP contribution in [0.5, 0.6) is 0 Å². The first-order valence-corrected chi connectivity index (χ1v) is 18.9. The van der Waals surface area contributed by atoms with E-state index in [1.165, 1.54) is 0 Å². The third-order valence-corrected chi connectivity index (χ3v) is 11.0. The summed E-state index contributed by atoms with van der Waals surface area (Å²) >= 11 is 0. The molecule has 13 nitrogen and oxygen atoms in total. The number of hydrogen-bond acceptors (Lipinski definition) is 8. The van der Waals surface area contributed by atoms with Crippen LogP contribution in [0, 0.1) is 29.1 Å². The highest BCUT2D eigenvalue weighted by atomic mass is 16.5. The van der Waals surface area contributed by atoms with Crippen LogP contribution in [0.2, 0.25) is 0 Å². The van der Waals surface area contributed by atoms with Crippen molar-refractivity contribution in [3.63, 3.8) is 0 Å². The Hall–Kier alpha value is -3.71. The Kier molecular flexibility index (Phi) is 13.4. The average molecular weight is 727 g/mol. The smallest absolute Gasteiger partial charge is 0.407 e. The normalized spacial score (nSPS) is 21.8. The maximum Gasteiger partial charge on any atom is 0.407 e. The molecule has 1 saturated carbocycles. The lowest BCUT2D eigenvalue weighted by molar-refractivity contribution is -0.141. The predicted molar refractivity (Wildman–Crippen MR) is 198 cm³/mol. The molecule has 6 atom stereocenters. The Morgan fingerprint density at radius 3 is 2.08 bits per heavy atom. The van der Waals surface area contributed by atoms with E-state index in [1.54, 1.807) is 4.90 Å². The van der Waals surface area contributed by atoms with Gasteiger partial charge < -0.3 is 36.4 Å². The first kappa shape index (κ1) is 41.1. The van der Waals surface area contributed by atoms with Crippen LogP contribution in [0.1, 0.15) is 98.6 Å². The van der Waals surface area contributed by atoms with Gasteiger partial charge in [-0.05, 0) is 86.7 Å². The second kappa shape index (κ2) is 17.0. The van der Waals surface area contributed by atoms with E-state index in [4.69, 9.17) is 10.5 Å². The van der Waals surface area contributed by atoms with E-state index in [-0.39, 0.29) is 36.2 Å². The summed E-state index contributed by atoms with van der Waals surface area (Å²) in [6.45, 7) is 15.6. The molecule has 0 radical (unpaired) electrons. The number of primary amides is 1. The van der Waals surface area contributed by atoms with E-state index in [0.29, 0.717) is 32.2 Å². The first-order valence-electron chi connectivity index (χ1n) is 18.9. The molecule has 290 valence electrons. The van der Waals surface area contributed by atoms with Gasteiger partial charge >= 0.3 is 12.1 Å². The molecule has 1 heterocycles. The lowest BCUT2D eigenvalue weighted by Crippen LogP contribution is -2.62. The molecule has 5 amide bonds. The predicted octanol–water partition coefficient (Wildman–Crippen LogP) is 3.40. The van der Waals surface area contributed by atoms with Crippen molar-refractivity contribution in [2.45, 2.75) is 136 Å². The number of aliphatic hydroxyl groups excluding tert-OH is 1. The molecule has 1 aromatic rings. The quantitative estimate of drug-likeness (QED) is 0.124. The molecule has 1 saturated heterocycles.